The average molecular weight is 459 g/mol. The first-order valence-corrected chi connectivity index (χ1v) is 11.7. The Bertz CT molecular complexity index is 1200. The van der Waals surface area contributed by atoms with Crippen LogP contribution in [0.15, 0.2) is 76.5 Å². The maximum absolute atomic E-state index is 12.6. The van der Waals surface area contributed by atoms with Crippen LogP contribution in [0.25, 0.3) is 6.08 Å². The number of thioether (sulfide) groups is 1. The molecule has 0 aliphatic carbocycles. The fraction of sp³-hybridized carbons (Fsp3) is 0.185. The molecular formula is C27H26N2O3S. The lowest BCUT2D eigenvalue weighted by molar-refractivity contribution is -0.112. The number of anilines is 1. The van der Waals surface area contributed by atoms with E-state index in [0.29, 0.717) is 29.3 Å². The van der Waals surface area contributed by atoms with Gasteiger partial charge in [0.2, 0.25) is 0 Å². The van der Waals surface area contributed by atoms with Gasteiger partial charge in [-0.3, -0.25) is 9.59 Å². The molecule has 0 aromatic heterocycles. The maximum Gasteiger partial charge on any atom is 0.262 e. The fourth-order valence-corrected chi connectivity index (χ4v) is 4.49. The van der Waals surface area contributed by atoms with Crippen molar-refractivity contribution in [1.29, 1.82) is 0 Å². The van der Waals surface area contributed by atoms with Crippen LogP contribution in [0.5, 0.6) is 5.75 Å². The van der Waals surface area contributed by atoms with E-state index >= 15 is 0 Å². The lowest BCUT2D eigenvalue weighted by Crippen LogP contribution is -2.26. The number of aryl methyl sites for hydroxylation is 1. The third kappa shape index (κ3) is 5.84. The van der Waals surface area contributed by atoms with Crippen LogP contribution in [0.2, 0.25) is 0 Å². The molecule has 2 amide bonds. The van der Waals surface area contributed by atoms with Gasteiger partial charge in [0.1, 0.15) is 5.75 Å². The highest BCUT2D eigenvalue weighted by molar-refractivity contribution is 8.04. The minimum atomic E-state index is -0.165. The summed E-state index contributed by atoms with van der Waals surface area (Å²) in [6, 6.07) is 21.3. The lowest BCUT2D eigenvalue weighted by Gasteiger charge is -2.19. The van der Waals surface area contributed by atoms with Crippen molar-refractivity contribution >= 4 is 35.3 Å². The van der Waals surface area contributed by atoms with Gasteiger partial charge in [-0.25, -0.2) is 0 Å². The number of amides is 2. The smallest absolute Gasteiger partial charge is 0.262 e. The summed E-state index contributed by atoms with van der Waals surface area (Å²) in [5.41, 5.74) is 4.43. The number of carbonyl (C=O) groups excluding carboxylic acids is 2. The molecule has 0 bridgehead atoms. The summed E-state index contributed by atoms with van der Waals surface area (Å²) in [7, 11) is 0. The van der Waals surface area contributed by atoms with Gasteiger partial charge in [-0.15, -0.1) is 0 Å². The Labute approximate surface area is 198 Å². The summed E-state index contributed by atoms with van der Waals surface area (Å²) < 4.78 is 5.45. The normalized spacial score (nSPS) is 13.9. The van der Waals surface area contributed by atoms with Gasteiger partial charge < -0.3 is 15.4 Å². The zero-order valence-electron chi connectivity index (χ0n) is 18.7. The van der Waals surface area contributed by atoms with E-state index in [4.69, 9.17) is 4.74 Å². The number of nitrogens with one attached hydrogen (secondary N) is 2. The van der Waals surface area contributed by atoms with E-state index in [-0.39, 0.29) is 11.8 Å². The second-order valence-corrected chi connectivity index (χ2v) is 8.86. The number of fused-ring (bicyclic) bond motifs is 1. The van der Waals surface area contributed by atoms with Crippen LogP contribution < -0.4 is 15.4 Å². The zero-order valence-corrected chi connectivity index (χ0v) is 19.5. The van der Waals surface area contributed by atoms with Gasteiger partial charge in [0.15, 0.2) is 0 Å². The SMILES string of the molecule is CCOc1ccc(CCNC(=O)c2ccc3c(c2)NC(=O)/C(=C\c2cccc(C)c2)S3)cc1. The van der Waals surface area contributed by atoms with Crippen LogP contribution in [0.4, 0.5) is 5.69 Å². The van der Waals surface area contributed by atoms with E-state index in [1.165, 1.54) is 11.8 Å². The first kappa shape index (κ1) is 22.7. The molecule has 2 N–H and O–H groups in total. The standard InChI is InChI=1S/C27H26N2O3S/c1-3-32-22-10-7-19(8-11-22)13-14-28-26(30)21-9-12-24-23(17-21)29-27(31)25(33-24)16-20-6-4-5-18(2)15-20/h4-12,15-17H,3,13-14H2,1-2H3,(H,28,30)(H,29,31)/b25-16+. The van der Waals surface area contributed by atoms with Gasteiger partial charge in [-0.2, -0.15) is 0 Å². The van der Waals surface area contributed by atoms with Crippen LogP contribution >= 0.6 is 11.8 Å². The van der Waals surface area contributed by atoms with Crippen LogP contribution in [0.1, 0.15) is 34.0 Å². The van der Waals surface area contributed by atoms with Gasteiger partial charge in [0, 0.05) is 17.0 Å². The summed E-state index contributed by atoms with van der Waals surface area (Å²) in [5, 5.41) is 5.87. The molecule has 1 heterocycles. The largest absolute Gasteiger partial charge is 0.494 e. The summed E-state index contributed by atoms with van der Waals surface area (Å²) in [5.74, 6) is 0.516. The second-order valence-electron chi connectivity index (χ2n) is 7.77. The van der Waals surface area contributed by atoms with E-state index in [1.54, 1.807) is 12.1 Å². The van der Waals surface area contributed by atoms with Gasteiger partial charge in [-0.05, 0) is 67.8 Å². The molecule has 5 nitrogen and oxygen atoms in total. The Balaban J connectivity index is 1.37. The molecule has 3 aromatic carbocycles. The zero-order chi connectivity index (χ0) is 23.2. The molecule has 0 spiro atoms. The molecular weight excluding hydrogens is 432 g/mol. The van der Waals surface area contributed by atoms with Crippen molar-refractivity contribution in [2.24, 2.45) is 0 Å². The van der Waals surface area contributed by atoms with E-state index in [9.17, 15) is 9.59 Å². The molecule has 0 unspecified atom stereocenters. The molecule has 6 heteroatoms. The van der Waals surface area contributed by atoms with Crippen molar-refractivity contribution in [2.45, 2.75) is 25.2 Å². The van der Waals surface area contributed by atoms with Crippen LogP contribution in [-0.2, 0) is 11.2 Å². The maximum atomic E-state index is 12.6. The fourth-order valence-electron chi connectivity index (χ4n) is 3.55. The molecule has 0 atom stereocenters. The van der Waals surface area contributed by atoms with E-state index in [1.807, 2.05) is 74.5 Å². The summed E-state index contributed by atoms with van der Waals surface area (Å²) >= 11 is 1.41. The average Bonchev–Trinajstić information content (AvgIpc) is 2.80. The minimum absolute atomic E-state index is 0.163. The minimum Gasteiger partial charge on any atom is -0.494 e. The molecule has 0 radical (unpaired) electrons. The molecule has 0 fully saturated rings. The number of rotatable bonds is 7. The van der Waals surface area contributed by atoms with E-state index in [2.05, 4.69) is 10.6 Å². The summed E-state index contributed by atoms with van der Waals surface area (Å²) in [6.07, 6.45) is 2.61. The summed E-state index contributed by atoms with van der Waals surface area (Å²) in [6.45, 7) is 5.14. The molecule has 33 heavy (non-hydrogen) atoms. The highest BCUT2D eigenvalue weighted by Gasteiger charge is 2.22. The first-order chi connectivity index (χ1) is 16.0. The van der Waals surface area contributed by atoms with Crippen molar-refractivity contribution in [1.82, 2.24) is 5.32 Å². The Morgan fingerprint density at radius 3 is 2.67 bits per heavy atom. The molecule has 168 valence electrons. The third-order valence-corrected chi connectivity index (χ3v) is 6.31. The van der Waals surface area contributed by atoms with Gasteiger partial charge in [0.05, 0.1) is 17.2 Å². The Morgan fingerprint density at radius 2 is 1.91 bits per heavy atom. The van der Waals surface area contributed by atoms with E-state index in [0.717, 1.165) is 33.8 Å². The Kier molecular flexibility index (Phi) is 7.15. The predicted molar refractivity (Wildman–Crippen MR) is 134 cm³/mol. The second kappa shape index (κ2) is 10.4. The van der Waals surface area contributed by atoms with Crippen LogP contribution in [-0.4, -0.2) is 25.0 Å². The molecule has 3 aromatic rings. The highest BCUT2D eigenvalue weighted by Crippen LogP contribution is 2.39. The Morgan fingerprint density at radius 1 is 1.09 bits per heavy atom. The molecule has 4 rings (SSSR count). The van der Waals surface area contributed by atoms with Crippen molar-refractivity contribution < 1.29 is 14.3 Å². The molecule has 0 saturated heterocycles. The van der Waals surface area contributed by atoms with Crippen molar-refractivity contribution in [3.8, 4) is 5.75 Å². The van der Waals surface area contributed by atoms with Crippen molar-refractivity contribution in [3.63, 3.8) is 0 Å². The lowest BCUT2D eigenvalue weighted by atomic mass is 10.1. The first-order valence-electron chi connectivity index (χ1n) is 10.9. The van der Waals surface area contributed by atoms with Crippen molar-refractivity contribution in [2.75, 3.05) is 18.5 Å². The molecule has 0 saturated carbocycles. The summed E-state index contributed by atoms with van der Waals surface area (Å²) in [4.78, 5) is 26.8. The van der Waals surface area contributed by atoms with Crippen LogP contribution in [0, 0.1) is 6.92 Å². The predicted octanol–water partition coefficient (Wildman–Crippen LogP) is 5.45. The Hall–Kier alpha value is -3.51. The molecule has 1 aliphatic rings. The number of carbonyl (C=O) groups is 2. The van der Waals surface area contributed by atoms with E-state index < -0.39 is 0 Å². The molecule has 1 aliphatic heterocycles. The number of benzene rings is 3. The van der Waals surface area contributed by atoms with Crippen molar-refractivity contribution in [3.05, 3.63) is 93.9 Å². The van der Waals surface area contributed by atoms with Gasteiger partial charge in [0.25, 0.3) is 11.8 Å². The van der Waals surface area contributed by atoms with Crippen LogP contribution in [0.3, 0.4) is 0 Å². The highest BCUT2D eigenvalue weighted by atomic mass is 32.2. The topological polar surface area (TPSA) is 67.4 Å². The van der Waals surface area contributed by atoms with Gasteiger partial charge in [-0.1, -0.05) is 53.7 Å². The monoisotopic (exact) mass is 458 g/mol. The third-order valence-electron chi connectivity index (χ3n) is 5.21. The number of hydrogen-bond acceptors (Lipinski definition) is 4. The number of hydrogen-bond donors (Lipinski definition) is 2. The number of ether oxygens (including phenoxy) is 1. The quantitative estimate of drug-likeness (QED) is 0.462. The van der Waals surface area contributed by atoms with Gasteiger partial charge >= 0.3 is 0 Å².